The van der Waals surface area contributed by atoms with Gasteiger partial charge in [0.05, 0.1) is 17.6 Å². The van der Waals surface area contributed by atoms with Crippen molar-refractivity contribution in [3.8, 4) is 0 Å². The Hall–Kier alpha value is -0.810. The van der Waals surface area contributed by atoms with E-state index in [9.17, 15) is 0 Å². The van der Waals surface area contributed by atoms with Crippen LogP contribution in [-0.2, 0) is 6.54 Å². The molecule has 0 spiro atoms. The average Bonchev–Trinajstić information content (AvgIpc) is 2.42. The molecule has 0 saturated carbocycles. The van der Waals surface area contributed by atoms with Crippen LogP contribution in [0.1, 0.15) is 44.6 Å². The number of nitrogens with zero attached hydrogens (tertiary/aromatic N) is 3. The van der Waals surface area contributed by atoms with Crippen LogP contribution in [0.3, 0.4) is 0 Å². The monoisotopic (exact) mass is 282 g/mol. The van der Waals surface area contributed by atoms with E-state index in [2.05, 4.69) is 48.9 Å². The Bertz CT molecular complexity index is 395. The third-order valence-electron chi connectivity index (χ3n) is 3.35. The fraction of sp³-hybridized carbons (Fsp3) is 0.714. The van der Waals surface area contributed by atoms with Crippen LogP contribution in [0.15, 0.2) is 6.20 Å². The molecule has 5 heteroatoms. The molecule has 0 bridgehead atoms. The van der Waals surface area contributed by atoms with Gasteiger partial charge in [-0.3, -0.25) is 0 Å². The lowest BCUT2D eigenvalue weighted by Gasteiger charge is -2.28. The molecule has 1 unspecified atom stereocenters. The van der Waals surface area contributed by atoms with Crippen LogP contribution in [0.5, 0.6) is 0 Å². The highest BCUT2D eigenvalue weighted by Gasteiger charge is 2.16. The van der Waals surface area contributed by atoms with Gasteiger partial charge in [0.1, 0.15) is 5.82 Å². The van der Waals surface area contributed by atoms with Gasteiger partial charge in [-0.1, -0.05) is 13.8 Å². The predicted octanol–water partition coefficient (Wildman–Crippen LogP) is 2.64. The average molecular weight is 282 g/mol. The van der Waals surface area contributed by atoms with Gasteiger partial charge in [-0.2, -0.15) is 11.8 Å². The molecular formula is C14H26N4S. The molecule has 1 aromatic heterocycles. The van der Waals surface area contributed by atoms with E-state index in [0.29, 0.717) is 18.5 Å². The standard InChI is InChI=1S/C14H26N4S/c1-10(2)14-16-9-13(12(8-15)17-14)18(4)11(3)6-7-19-5/h9-11H,6-8,15H2,1-5H3. The first-order chi connectivity index (χ1) is 9.01. The molecule has 1 rings (SSSR count). The summed E-state index contributed by atoms with van der Waals surface area (Å²) in [5.41, 5.74) is 7.83. The van der Waals surface area contributed by atoms with Crippen molar-refractivity contribution in [2.75, 3.05) is 24.0 Å². The molecule has 0 aliphatic heterocycles. The number of rotatable bonds is 7. The first kappa shape index (κ1) is 16.2. The SMILES string of the molecule is CSCCC(C)N(C)c1cnc(C(C)C)nc1CN. The largest absolute Gasteiger partial charge is 0.369 e. The summed E-state index contributed by atoms with van der Waals surface area (Å²) >= 11 is 1.88. The van der Waals surface area contributed by atoms with Gasteiger partial charge in [-0.25, -0.2) is 9.97 Å². The van der Waals surface area contributed by atoms with Gasteiger partial charge in [0.2, 0.25) is 0 Å². The summed E-state index contributed by atoms with van der Waals surface area (Å²) in [6.45, 7) is 6.88. The lowest BCUT2D eigenvalue weighted by molar-refractivity contribution is 0.658. The van der Waals surface area contributed by atoms with E-state index >= 15 is 0 Å². The summed E-state index contributed by atoms with van der Waals surface area (Å²) in [5.74, 6) is 2.36. The molecule has 108 valence electrons. The van der Waals surface area contributed by atoms with Gasteiger partial charge in [-0.15, -0.1) is 0 Å². The molecule has 1 heterocycles. The maximum absolute atomic E-state index is 5.84. The lowest BCUT2D eigenvalue weighted by atomic mass is 10.1. The van der Waals surface area contributed by atoms with Crippen molar-refractivity contribution >= 4 is 17.4 Å². The Morgan fingerprint density at radius 2 is 2.05 bits per heavy atom. The van der Waals surface area contributed by atoms with Gasteiger partial charge < -0.3 is 10.6 Å². The van der Waals surface area contributed by atoms with Gasteiger partial charge in [-0.05, 0) is 25.4 Å². The second kappa shape index (κ2) is 7.70. The van der Waals surface area contributed by atoms with Gasteiger partial charge in [0.25, 0.3) is 0 Å². The summed E-state index contributed by atoms with van der Waals surface area (Å²) in [7, 11) is 2.10. The summed E-state index contributed by atoms with van der Waals surface area (Å²) in [4.78, 5) is 11.3. The number of hydrogen-bond donors (Lipinski definition) is 1. The minimum atomic E-state index is 0.332. The van der Waals surface area contributed by atoms with Crippen LogP contribution >= 0.6 is 11.8 Å². The molecule has 0 aliphatic rings. The first-order valence-electron chi connectivity index (χ1n) is 6.78. The van der Waals surface area contributed by atoms with Crippen molar-refractivity contribution in [2.24, 2.45) is 5.73 Å². The molecule has 4 nitrogen and oxygen atoms in total. The molecule has 0 aliphatic carbocycles. The highest BCUT2D eigenvalue weighted by Crippen LogP contribution is 2.22. The maximum Gasteiger partial charge on any atom is 0.131 e. The Balaban J connectivity index is 2.92. The van der Waals surface area contributed by atoms with Gasteiger partial charge in [0, 0.05) is 25.6 Å². The molecule has 19 heavy (non-hydrogen) atoms. The Kier molecular flexibility index (Phi) is 6.58. The minimum absolute atomic E-state index is 0.332. The van der Waals surface area contributed by atoms with Crippen LogP contribution in [0.2, 0.25) is 0 Å². The zero-order valence-electron chi connectivity index (χ0n) is 12.7. The number of anilines is 1. The van der Waals surface area contributed by atoms with Crippen LogP contribution in [0.4, 0.5) is 5.69 Å². The normalized spacial score (nSPS) is 12.8. The number of nitrogens with two attached hydrogens (primary N) is 1. The fourth-order valence-corrected chi connectivity index (χ4v) is 2.45. The van der Waals surface area contributed by atoms with E-state index in [1.165, 1.54) is 0 Å². The van der Waals surface area contributed by atoms with Crippen molar-refractivity contribution in [1.29, 1.82) is 0 Å². The zero-order valence-corrected chi connectivity index (χ0v) is 13.5. The summed E-state index contributed by atoms with van der Waals surface area (Å²) in [6, 6.07) is 0.464. The highest BCUT2D eigenvalue weighted by atomic mass is 32.2. The Labute approximate surface area is 121 Å². The number of hydrogen-bond acceptors (Lipinski definition) is 5. The van der Waals surface area contributed by atoms with Crippen LogP contribution < -0.4 is 10.6 Å². The smallest absolute Gasteiger partial charge is 0.131 e. The van der Waals surface area contributed by atoms with E-state index in [4.69, 9.17) is 5.73 Å². The molecule has 1 aromatic rings. The molecule has 2 N–H and O–H groups in total. The van der Waals surface area contributed by atoms with Crippen molar-refractivity contribution in [3.63, 3.8) is 0 Å². The predicted molar refractivity (Wildman–Crippen MR) is 84.9 cm³/mol. The first-order valence-corrected chi connectivity index (χ1v) is 8.18. The molecule has 0 amide bonds. The van der Waals surface area contributed by atoms with Crippen LogP contribution in [0.25, 0.3) is 0 Å². The highest BCUT2D eigenvalue weighted by molar-refractivity contribution is 7.98. The van der Waals surface area contributed by atoms with Crippen molar-refractivity contribution in [2.45, 2.75) is 45.7 Å². The number of aromatic nitrogens is 2. The maximum atomic E-state index is 5.84. The van der Waals surface area contributed by atoms with Crippen molar-refractivity contribution in [1.82, 2.24) is 9.97 Å². The van der Waals surface area contributed by atoms with E-state index < -0.39 is 0 Å². The summed E-state index contributed by atoms with van der Waals surface area (Å²) in [6.07, 6.45) is 5.20. The molecule has 0 saturated heterocycles. The summed E-state index contributed by atoms with van der Waals surface area (Å²) in [5, 5.41) is 0. The minimum Gasteiger partial charge on any atom is -0.369 e. The lowest BCUT2D eigenvalue weighted by Crippen LogP contribution is -2.31. The fourth-order valence-electron chi connectivity index (χ4n) is 1.87. The van der Waals surface area contributed by atoms with Crippen molar-refractivity contribution in [3.05, 3.63) is 17.7 Å². The summed E-state index contributed by atoms with van der Waals surface area (Å²) < 4.78 is 0. The third kappa shape index (κ3) is 4.35. The molecule has 0 radical (unpaired) electrons. The van der Waals surface area contributed by atoms with Gasteiger partial charge >= 0.3 is 0 Å². The zero-order chi connectivity index (χ0) is 14.4. The number of thioether (sulfide) groups is 1. The molecule has 0 fully saturated rings. The molecular weight excluding hydrogens is 256 g/mol. The topological polar surface area (TPSA) is 55.0 Å². The van der Waals surface area contributed by atoms with E-state index in [0.717, 1.165) is 29.4 Å². The van der Waals surface area contributed by atoms with E-state index in [-0.39, 0.29) is 0 Å². The van der Waals surface area contributed by atoms with E-state index in [1.54, 1.807) is 0 Å². The third-order valence-corrected chi connectivity index (χ3v) is 4.00. The second-order valence-electron chi connectivity index (χ2n) is 5.16. The van der Waals surface area contributed by atoms with Crippen LogP contribution in [0, 0.1) is 0 Å². The van der Waals surface area contributed by atoms with Crippen molar-refractivity contribution < 1.29 is 0 Å². The Morgan fingerprint density at radius 1 is 1.37 bits per heavy atom. The van der Waals surface area contributed by atoms with Crippen LogP contribution in [-0.4, -0.2) is 35.1 Å². The molecule has 1 atom stereocenters. The quantitative estimate of drug-likeness (QED) is 0.833. The van der Waals surface area contributed by atoms with E-state index in [1.807, 2.05) is 18.0 Å². The second-order valence-corrected chi connectivity index (χ2v) is 6.15. The Morgan fingerprint density at radius 3 is 2.58 bits per heavy atom. The molecule has 0 aromatic carbocycles. The van der Waals surface area contributed by atoms with Gasteiger partial charge in [0.15, 0.2) is 0 Å².